The number of rotatable bonds is 4. The van der Waals surface area contributed by atoms with Crippen molar-refractivity contribution in [3.63, 3.8) is 0 Å². The smallest absolute Gasteiger partial charge is 0.224 e. The summed E-state index contributed by atoms with van der Waals surface area (Å²) in [5, 5.41) is 10.9. The Morgan fingerprint density at radius 1 is 1.38 bits per heavy atom. The minimum atomic E-state index is -3.73. The zero-order valence-electron chi connectivity index (χ0n) is 12.8. The summed E-state index contributed by atoms with van der Waals surface area (Å²) in [5.41, 5.74) is -0.756. The van der Waals surface area contributed by atoms with Crippen LogP contribution < -0.4 is 5.32 Å². The summed E-state index contributed by atoms with van der Waals surface area (Å²) in [7, 11) is -3.73. The van der Waals surface area contributed by atoms with Crippen LogP contribution in [0.2, 0.25) is 5.02 Å². The molecule has 0 unspecified atom stereocenters. The molecular formula is C16H16ClFN2O3S. The van der Waals surface area contributed by atoms with E-state index in [1.54, 1.807) is 0 Å². The number of nitrogens with one attached hydrogen (secondary N) is 1. The van der Waals surface area contributed by atoms with Crippen LogP contribution in [-0.2, 0) is 14.6 Å². The highest BCUT2D eigenvalue weighted by atomic mass is 35.5. The predicted molar refractivity (Wildman–Crippen MR) is 85.4 cm³/mol. The van der Waals surface area contributed by atoms with Gasteiger partial charge < -0.3 is 5.32 Å². The number of hydrogen-bond donors (Lipinski definition) is 1. The zero-order valence-corrected chi connectivity index (χ0v) is 14.3. The van der Waals surface area contributed by atoms with Crippen LogP contribution in [0.5, 0.6) is 0 Å². The fourth-order valence-corrected chi connectivity index (χ4v) is 5.44. The lowest BCUT2D eigenvalue weighted by atomic mass is 10.1. The van der Waals surface area contributed by atoms with E-state index in [-0.39, 0.29) is 22.2 Å². The molecule has 2 atom stereocenters. The van der Waals surface area contributed by atoms with Gasteiger partial charge in [0.15, 0.2) is 9.84 Å². The van der Waals surface area contributed by atoms with Crippen molar-refractivity contribution in [2.24, 2.45) is 5.92 Å². The average Bonchev–Trinajstić information content (AvgIpc) is 3.10. The summed E-state index contributed by atoms with van der Waals surface area (Å²) in [6, 6.07) is 5.27. The van der Waals surface area contributed by atoms with E-state index >= 15 is 0 Å². The van der Waals surface area contributed by atoms with Gasteiger partial charge >= 0.3 is 0 Å². The summed E-state index contributed by atoms with van der Waals surface area (Å²) in [6.45, 7) is 0. The van der Waals surface area contributed by atoms with Crippen molar-refractivity contribution in [1.29, 1.82) is 5.26 Å². The minimum Gasteiger partial charge on any atom is -0.338 e. The second-order valence-corrected chi connectivity index (χ2v) is 9.04. The summed E-state index contributed by atoms with van der Waals surface area (Å²) < 4.78 is 38.5. The maximum atomic E-state index is 13.1. The molecule has 0 bridgehead atoms. The Hall–Kier alpha value is -1.65. The summed E-state index contributed by atoms with van der Waals surface area (Å²) in [5.74, 6) is -1.30. The molecule has 0 radical (unpaired) electrons. The molecule has 0 heterocycles. The lowest BCUT2D eigenvalue weighted by Crippen LogP contribution is -2.39. The Kier molecular flexibility index (Phi) is 4.30. The van der Waals surface area contributed by atoms with Crippen molar-refractivity contribution >= 4 is 27.3 Å². The number of halogens is 2. The van der Waals surface area contributed by atoms with Gasteiger partial charge in [-0.05, 0) is 50.3 Å². The quantitative estimate of drug-likeness (QED) is 0.825. The van der Waals surface area contributed by atoms with Gasteiger partial charge in [0.05, 0.1) is 21.2 Å². The average molecular weight is 371 g/mol. The number of carbonyl (C=O) groups excluding carboxylic acids is 1. The number of benzene rings is 1. The normalized spacial score (nSPS) is 25.0. The Morgan fingerprint density at radius 3 is 2.67 bits per heavy atom. The van der Waals surface area contributed by atoms with E-state index in [4.69, 9.17) is 16.9 Å². The van der Waals surface area contributed by atoms with Crippen molar-refractivity contribution in [3.8, 4) is 6.07 Å². The van der Waals surface area contributed by atoms with Gasteiger partial charge in [0.25, 0.3) is 0 Å². The van der Waals surface area contributed by atoms with Crippen LogP contribution in [0.25, 0.3) is 0 Å². The highest BCUT2D eigenvalue weighted by molar-refractivity contribution is 7.92. The molecule has 2 fully saturated rings. The van der Waals surface area contributed by atoms with Crippen molar-refractivity contribution in [2.45, 2.75) is 47.8 Å². The predicted octanol–water partition coefficient (Wildman–Crippen LogP) is 2.59. The molecule has 2 aliphatic carbocycles. The molecule has 24 heavy (non-hydrogen) atoms. The van der Waals surface area contributed by atoms with E-state index in [0.717, 1.165) is 18.2 Å². The molecule has 3 rings (SSSR count). The molecule has 0 aromatic heterocycles. The van der Waals surface area contributed by atoms with Crippen LogP contribution in [0.4, 0.5) is 4.39 Å². The fourth-order valence-electron chi connectivity index (χ4n) is 3.07. The van der Waals surface area contributed by atoms with Gasteiger partial charge in [0.2, 0.25) is 5.91 Å². The molecule has 1 aromatic rings. The number of sulfone groups is 1. The number of hydrogen-bond acceptors (Lipinski definition) is 4. The zero-order chi connectivity index (χ0) is 17.5. The van der Waals surface area contributed by atoms with Crippen LogP contribution in [-0.4, -0.2) is 25.1 Å². The third kappa shape index (κ3) is 3.13. The monoisotopic (exact) mass is 370 g/mol. The van der Waals surface area contributed by atoms with Gasteiger partial charge in [-0.2, -0.15) is 5.26 Å². The molecule has 0 aliphatic heterocycles. The molecule has 0 saturated heterocycles. The Morgan fingerprint density at radius 2 is 2.08 bits per heavy atom. The molecule has 2 saturated carbocycles. The van der Waals surface area contributed by atoms with Crippen molar-refractivity contribution < 1.29 is 17.6 Å². The lowest BCUT2D eigenvalue weighted by molar-refractivity contribution is -0.125. The SMILES string of the molecule is N#CC1(NC(=O)[C@H]2CC[C@H](S(=O)(=O)c3ccc(F)cc3Cl)C2)CC1. The Labute approximate surface area is 144 Å². The van der Waals surface area contributed by atoms with E-state index in [9.17, 15) is 17.6 Å². The van der Waals surface area contributed by atoms with Gasteiger partial charge in [0, 0.05) is 5.92 Å². The van der Waals surface area contributed by atoms with E-state index in [1.165, 1.54) is 0 Å². The summed E-state index contributed by atoms with van der Waals surface area (Å²) in [4.78, 5) is 12.1. The van der Waals surface area contributed by atoms with Gasteiger partial charge in [-0.15, -0.1) is 0 Å². The van der Waals surface area contributed by atoms with Crippen LogP contribution in [0, 0.1) is 23.1 Å². The molecule has 8 heteroatoms. The molecule has 5 nitrogen and oxygen atoms in total. The van der Waals surface area contributed by atoms with Gasteiger partial charge in [0.1, 0.15) is 11.4 Å². The Balaban J connectivity index is 1.73. The number of amides is 1. The Bertz CT molecular complexity index is 830. The number of nitrogens with zero attached hydrogens (tertiary/aromatic N) is 1. The van der Waals surface area contributed by atoms with Crippen molar-refractivity contribution in [2.75, 3.05) is 0 Å². The largest absolute Gasteiger partial charge is 0.338 e. The second kappa shape index (κ2) is 6.01. The van der Waals surface area contributed by atoms with Gasteiger partial charge in [-0.1, -0.05) is 11.6 Å². The van der Waals surface area contributed by atoms with E-state index in [2.05, 4.69) is 11.4 Å². The number of nitriles is 1. The standard InChI is InChI=1S/C16H16ClFN2O3S/c17-13-8-11(18)2-4-14(13)24(22,23)12-3-1-10(7-12)15(21)20-16(9-19)5-6-16/h2,4,8,10,12H,1,3,5-7H2,(H,20,21)/t10-,12-/m0/s1. The first-order valence-corrected chi connectivity index (χ1v) is 9.62. The molecule has 1 N–H and O–H groups in total. The third-order valence-electron chi connectivity index (χ3n) is 4.72. The fraction of sp³-hybridized carbons (Fsp3) is 0.500. The molecule has 128 valence electrons. The molecule has 1 amide bonds. The molecule has 2 aliphatic rings. The van der Waals surface area contributed by atoms with Crippen LogP contribution >= 0.6 is 11.6 Å². The second-order valence-electron chi connectivity index (χ2n) is 6.43. The van der Waals surface area contributed by atoms with Crippen LogP contribution in [0.3, 0.4) is 0 Å². The minimum absolute atomic E-state index is 0.104. The summed E-state index contributed by atoms with van der Waals surface area (Å²) >= 11 is 5.87. The summed E-state index contributed by atoms with van der Waals surface area (Å²) in [6.07, 6.45) is 2.23. The maximum Gasteiger partial charge on any atom is 0.224 e. The number of carbonyl (C=O) groups is 1. The maximum absolute atomic E-state index is 13.1. The first-order valence-electron chi connectivity index (χ1n) is 7.70. The van der Waals surface area contributed by atoms with E-state index in [0.29, 0.717) is 25.7 Å². The highest BCUT2D eigenvalue weighted by Crippen LogP contribution is 2.39. The lowest BCUT2D eigenvalue weighted by Gasteiger charge is -2.15. The van der Waals surface area contributed by atoms with E-state index in [1.807, 2.05) is 0 Å². The first-order chi connectivity index (χ1) is 11.3. The molecule has 0 spiro atoms. The van der Waals surface area contributed by atoms with Crippen molar-refractivity contribution in [1.82, 2.24) is 5.32 Å². The van der Waals surface area contributed by atoms with Crippen molar-refractivity contribution in [3.05, 3.63) is 29.0 Å². The van der Waals surface area contributed by atoms with Crippen LogP contribution in [0.15, 0.2) is 23.1 Å². The molecule has 1 aromatic carbocycles. The topological polar surface area (TPSA) is 87.0 Å². The highest BCUT2D eigenvalue weighted by Gasteiger charge is 2.47. The van der Waals surface area contributed by atoms with Crippen LogP contribution in [0.1, 0.15) is 32.1 Å². The van der Waals surface area contributed by atoms with E-state index < -0.39 is 32.4 Å². The van der Waals surface area contributed by atoms with Gasteiger partial charge in [-0.3, -0.25) is 4.79 Å². The first kappa shape index (κ1) is 17.2. The molecular weight excluding hydrogens is 355 g/mol. The third-order valence-corrected chi connectivity index (χ3v) is 7.42. The van der Waals surface area contributed by atoms with Gasteiger partial charge in [-0.25, -0.2) is 12.8 Å².